The lowest BCUT2D eigenvalue weighted by atomic mass is 10.2. The van der Waals surface area contributed by atoms with E-state index in [1.807, 2.05) is 48.2 Å². The van der Waals surface area contributed by atoms with Gasteiger partial charge in [-0.3, -0.25) is 9.59 Å². The quantitative estimate of drug-likeness (QED) is 0.767. The van der Waals surface area contributed by atoms with Crippen LogP contribution in [-0.2, 0) is 11.2 Å². The van der Waals surface area contributed by atoms with Crippen molar-refractivity contribution < 1.29 is 9.59 Å². The Morgan fingerprint density at radius 1 is 1.19 bits per heavy atom. The maximum Gasteiger partial charge on any atom is 0.252 e. The van der Waals surface area contributed by atoms with Crippen molar-refractivity contribution in [1.29, 1.82) is 0 Å². The van der Waals surface area contributed by atoms with Crippen LogP contribution in [0.2, 0.25) is 0 Å². The second-order valence-electron chi connectivity index (χ2n) is 6.32. The molecule has 0 spiro atoms. The summed E-state index contributed by atoms with van der Waals surface area (Å²) in [5.41, 5.74) is 8.36. The number of fused-ring (bicyclic) bond motifs is 1. The fourth-order valence-corrected chi connectivity index (χ4v) is 3.88. The molecule has 2 aromatic rings. The predicted octanol–water partition coefficient (Wildman–Crippen LogP) is 2.44. The van der Waals surface area contributed by atoms with Crippen molar-refractivity contribution in [3.63, 3.8) is 0 Å². The van der Waals surface area contributed by atoms with Gasteiger partial charge in [-0.1, -0.05) is 30.3 Å². The van der Waals surface area contributed by atoms with E-state index in [1.165, 1.54) is 17.3 Å². The first-order chi connectivity index (χ1) is 12.6. The summed E-state index contributed by atoms with van der Waals surface area (Å²) in [5.74, 6) is 0.195. The number of nitrogens with zero attached hydrogens (tertiary/aromatic N) is 1. The highest BCUT2D eigenvalue weighted by molar-refractivity contribution is 8.00. The lowest BCUT2D eigenvalue weighted by Crippen LogP contribution is -2.38. The van der Waals surface area contributed by atoms with Gasteiger partial charge in [0, 0.05) is 29.7 Å². The van der Waals surface area contributed by atoms with Gasteiger partial charge in [-0.05, 0) is 37.1 Å². The SMILES string of the molecule is C[C@@H](CN)NC(=O)c1ccccc1SCC(=O)N1CCc2ccccc21. The molecule has 3 rings (SSSR count). The number of carbonyl (C=O) groups excluding carboxylic acids is 2. The van der Waals surface area contributed by atoms with E-state index < -0.39 is 0 Å². The summed E-state index contributed by atoms with van der Waals surface area (Å²) in [7, 11) is 0. The largest absolute Gasteiger partial charge is 0.348 e. The Morgan fingerprint density at radius 3 is 2.73 bits per heavy atom. The number of hydrogen-bond acceptors (Lipinski definition) is 4. The van der Waals surface area contributed by atoms with E-state index in [9.17, 15) is 9.59 Å². The minimum absolute atomic E-state index is 0.0606. The zero-order valence-corrected chi connectivity index (χ0v) is 15.6. The molecule has 26 heavy (non-hydrogen) atoms. The summed E-state index contributed by atoms with van der Waals surface area (Å²) >= 11 is 1.40. The molecule has 6 heteroatoms. The number of hydrogen-bond donors (Lipinski definition) is 2. The van der Waals surface area contributed by atoms with E-state index in [-0.39, 0.29) is 17.9 Å². The molecular formula is C20H23N3O2S. The van der Waals surface area contributed by atoms with Gasteiger partial charge in [-0.15, -0.1) is 11.8 Å². The molecule has 0 aliphatic carbocycles. The first kappa shape index (κ1) is 18.5. The van der Waals surface area contributed by atoms with E-state index in [0.29, 0.717) is 17.9 Å². The standard InChI is InChI=1S/C20H23N3O2S/c1-14(12-21)22-20(25)16-7-3-5-9-18(16)26-13-19(24)23-11-10-15-6-2-4-8-17(15)23/h2-9,14H,10-13,21H2,1H3,(H,22,25)/t14-/m0/s1. The van der Waals surface area contributed by atoms with Crippen molar-refractivity contribution in [2.24, 2.45) is 5.73 Å². The topological polar surface area (TPSA) is 75.4 Å². The Kier molecular flexibility index (Phi) is 5.96. The summed E-state index contributed by atoms with van der Waals surface area (Å²) in [6.45, 7) is 2.96. The Hall–Kier alpha value is -2.31. The smallest absolute Gasteiger partial charge is 0.252 e. The van der Waals surface area contributed by atoms with Gasteiger partial charge in [0.1, 0.15) is 0 Å². The van der Waals surface area contributed by atoms with Crippen LogP contribution in [-0.4, -0.2) is 36.7 Å². The Labute approximate surface area is 157 Å². The maximum atomic E-state index is 12.7. The summed E-state index contributed by atoms with van der Waals surface area (Å²) < 4.78 is 0. The van der Waals surface area contributed by atoms with Gasteiger partial charge in [0.05, 0.1) is 11.3 Å². The fraction of sp³-hybridized carbons (Fsp3) is 0.300. The molecular weight excluding hydrogens is 346 g/mol. The first-order valence-electron chi connectivity index (χ1n) is 8.71. The van der Waals surface area contributed by atoms with Crippen molar-refractivity contribution in [3.05, 3.63) is 59.7 Å². The van der Waals surface area contributed by atoms with Crippen molar-refractivity contribution in [2.45, 2.75) is 24.3 Å². The van der Waals surface area contributed by atoms with Crippen molar-refractivity contribution in [3.8, 4) is 0 Å². The van der Waals surface area contributed by atoms with Gasteiger partial charge in [-0.25, -0.2) is 0 Å². The third-order valence-corrected chi connectivity index (χ3v) is 5.46. The molecule has 0 saturated heterocycles. The second-order valence-corrected chi connectivity index (χ2v) is 7.34. The van der Waals surface area contributed by atoms with E-state index in [1.54, 1.807) is 6.07 Å². The van der Waals surface area contributed by atoms with E-state index in [4.69, 9.17) is 5.73 Å². The summed E-state index contributed by atoms with van der Waals surface area (Å²) in [6, 6.07) is 15.3. The minimum Gasteiger partial charge on any atom is -0.348 e. The number of thioether (sulfide) groups is 1. The first-order valence-corrected chi connectivity index (χ1v) is 9.69. The Bertz CT molecular complexity index is 809. The molecule has 1 aliphatic rings. The summed E-state index contributed by atoms with van der Waals surface area (Å²) in [4.78, 5) is 27.7. The molecule has 1 aliphatic heterocycles. The average Bonchev–Trinajstić information content (AvgIpc) is 3.10. The van der Waals surface area contributed by atoms with Crippen LogP contribution >= 0.6 is 11.8 Å². The number of carbonyl (C=O) groups is 2. The molecule has 2 aromatic carbocycles. The normalized spacial score (nSPS) is 14.0. The molecule has 1 heterocycles. The van der Waals surface area contributed by atoms with Crippen LogP contribution in [0, 0.1) is 0 Å². The average molecular weight is 369 g/mol. The van der Waals surface area contributed by atoms with E-state index in [0.717, 1.165) is 23.5 Å². The Morgan fingerprint density at radius 2 is 1.92 bits per heavy atom. The van der Waals surface area contributed by atoms with Crippen molar-refractivity contribution >= 4 is 29.3 Å². The molecule has 0 radical (unpaired) electrons. The van der Waals surface area contributed by atoms with Crippen LogP contribution in [0.15, 0.2) is 53.4 Å². The Balaban J connectivity index is 1.67. The second kappa shape index (κ2) is 8.38. The number of rotatable bonds is 6. The molecule has 136 valence electrons. The molecule has 3 N–H and O–H groups in total. The number of nitrogens with one attached hydrogen (secondary N) is 1. The summed E-state index contributed by atoms with van der Waals surface area (Å²) in [5, 5.41) is 2.87. The van der Waals surface area contributed by atoms with Crippen LogP contribution < -0.4 is 16.0 Å². The molecule has 0 bridgehead atoms. The van der Waals surface area contributed by atoms with E-state index >= 15 is 0 Å². The number of nitrogens with two attached hydrogens (primary N) is 1. The molecule has 1 atom stereocenters. The molecule has 2 amide bonds. The lowest BCUT2D eigenvalue weighted by molar-refractivity contribution is -0.116. The summed E-state index contributed by atoms with van der Waals surface area (Å²) in [6.07, 6.45) is 0.891. The number of benzene rings is 2. The van der Waals surface area contributed by atoms with Crippen LogP contribution in [0.5, 0.6) is 0 Å². The molecule has 0 aromatic heterocycles. The third-order valence-electron chi connectivity index (χ3n) is 4.40. The lowest BCUT2D eigenvalue weighted by Gasteiger charge is -2.18. The number of para-hydroxylation sites is 1. The highest BCUT2D eigenvalue weighted by Gasteiger charge is 2.24. The van der Waals surface area contributed by atoms with E-state index in [2.05, 4.69) is 11.4 Å². The van der Waals surface area contributed by atoms with Gasteiger partial charge < -0.3 is 16.0 Å². The van der Waals surface area contributed by atoms with Gasteiger partial charge in [0.2, 0.25) is 5.91 Å². The number of amides is 2. The van der Waals surface area contributed by atoms with Crippen LogP contribution in [0.3, 0.4) is 0 Å². The van der Waals surface area contributed by atoms with Gasteiger partial charge in [-0.2, -0.15) is 0 Å². The minimum atomic E-state index is -0.162. The third kappa shape index (κ3) is 4.08. The van der Waals surface area contributed by atoms with Crippen molar-refractivity contribution in [2.75, 3.05) is 23.7 Å². The van der Waals surface area contributed by atoms with Crippen molar-refractivity contribution in [1.82, 2.24) is 5.32 Å². The molecule has 0 saturated carbocycles. The van der Waals surface area contributed by atoms with Gasteiger partial charge in [0.25, 0.3) is 5.91 Å². The monoisotopic (exact) mass is 369 g/mol. The molecule has 0 unspecified atom stereocenters. The zero-order chi connectivity index (χ0) is 18.5. The molecule has 0 fully saturated rings. The number of anilines is 1. The highest BCUT2D eigenvalue weighted by Crippen LogP contribution is 2.29. The zero-order valence-electron chi connectivity index (χ0n) is 14.8. The maximum absolute atomic E-state index is 12.7. The van der Waals surface area contributed by atoms with Gasteiger partial charge in [0.15, 0.2) is 0 Å². The molecule has 5 nitrogen and oxygen atoms in total. The predicted molar refractivity (Wildman–Crippen MR) is 106 cm³/mol. The fourth-order valence-electron chi connectivity index (χ4n) is 2.96. The van der Waals surface area contributed by atoms with Crippen LogP contribution in [0.4, 0.5) is 5.69 Å². The van der Waals surface area contributed by atoms with Crippen LogP contribution in [0.25, 0.3) is 0 Å². The van der Waals surface area contributed by atoms with Crippen LogP contribution in [0.1, 0.15) is 22.8 Å². The van der Waals surface area contributed by atoms with Gasteiger partial charge >= 0.3 is 0 Å². The highest BCUT2D eigenvalue weighted by atomic mass is 32.2.